The molecule has 2 heteroatoms. The largest absolute Gasteiger partial charge is 0.307 e. The fraction of sp³-hybridized carbons (Fsp3) is 0.233. The SMILES string of the molecule is Cc1cc(C)c2ccc(/C=C3/C(=O)N(Cc4ccccc4)C4=C3C=CC3CC43)c-2c(C)c1. The quantitative estimate of drug-likeness (QED) is 0.440. The van der Waals surface area contributed by atoms with Gasteiger partial charge >= 0.3 is 0 Å². The zero-order chi connectivity index (χ0) is 22.0. The van der Waals surface area contributed by atoms with E-state index in [1.54, 1.807) is 0 Å². The molecule has 0 aromatic heterocycles. The smallest absolute Gasteiger partial charge is 0.259 e. The third-order valence-electron chi connectivity index (χ3n) is 7.21. The number of hydrogen-bond donors (Lipinski definition) is 0. The highest BCUT2D eigenvalue weighted by molar-refractivity contribution is 6.08. The predicted octanol–water partition coefficient (Wildman–Crippen LogP) is 6.60. The van der Waals surface area contributed by atoms with Crippen LogP contribution in [0.4, 0.5) is 0 Å². The summed E-state index contributed by atoms with van der Waals surface area (Å²) in [4.78, 5) is 15.8. The van der Waals surface area contributed by atoms with Gasteiger partial charge in [-0.15, -0.1) is 0 Å². The molecule has 1 saturated carbocycles. The number of aryl methyl sites for hydroxylation is 3. The minimum Gasteiger partial charge on any atom is -0.307 e. The summed E-state index contributed by atoms with van der Waals surface area (Å²) in [6.45, 7) is 7.14. The number of fused-ring (bicyclic) bond motifs is 3. The molecule has 0 spiro atoms. The molecular weight excluding hydrogens is 390 g/mol. The summed E-state index contributed by atoms with van der Waals surface area (Å²) < 4.78 is 0. The highest BCUT2D eigenvalue weighted by atomic mass is 16.2. The van der Waals surface area contributed by atoms with Gasteiger partial charge in [-0.05, 0) is 72.6 Å². The number of hydrogen-bond acceptors (Lipinski definition) is 1. The first-order valence-electron chi connectivity index (χ1n) is 11.5. The van der Waals surface area contributed by atoms with Crippen molar-refractivity contribution in [3.63, 3.8) is 0 Å². The minimum absolute atomic E-state index is 0.135. The van der Waals surface area contributed by atoms with Crippen molar-refractivity contribution in [1.82, 2.24) is 4.90 Å². The molecule has 1 aliphatic heterocycles. The van der Waals surface area contributed by atoms with E-state index in [9.17, 15) is 4.79 Å². The monoisotopic (exact) mass is 417 g/mol. The summed E-state index contributed by atoms with van der Waals surface area (Å²) in [5.74, 6) is 1.23. The van der Waals surface area contributed by atoms with Gasteiger partial charge in [0.15, 0.2) is 0 Å². The summed E-state index contributed by atoms with van der Waals surface area (Å²) in [7, 11) is 0. The number of benzene rings is 1. The Morgan fingerprint density at radius 2 is 1.78 bits per heavy atom. The molecule has 2 nitrogen and oxygen atoms in total. The van der Waals surface area contributed by atoms with Gasteiger partial charge in [-0.3, -0.25) is 4.79 Å². The first-order valence-corrected chi connectivity index (χ1v) is 11.5. The molecule has 1 amide bonds. The van der Waals surface area contributed by atoms with E-state index >= 15 is 0 Å². The number of nitrogens with zero attached hydrogens (tertiary/aromatic N) is 1. The second kappa shape index (κ2) is 7.06. The molecule has 2 unspecified atom stereocenters. The van der Waals surface area contributed by atoms with Crippen molar-refractivity contribution in [2.45, 2.75) is 33.7 Å². The number of amides is 1. The van der Waals surface area contributed by atoms with E-state index in [0.717, 1.165) is 23.1 Å². The van der Waals surface area contributed by atoms with Crippen LogP contribution in [-0.2, 0) is 11.3 Å². The van der Waals surface area contributed by atoms with Crippen LogP contribution < -0.4 is 0 Å². The molecule has 5 aliphatic rings. The Bertz CT molecular complexity index is 1320. The van der Waals surface area contributed by atoms with Gasteiger partial charge in [-0.2, -0.15) is 0 Å². The number of rotatable bonds is 3. The molecule has 158 valence electrons. The van der Waals surface area contributed by atoms with Crippen molar-refractivity contribution in [3.05, 3.63) is 111 Å². The number of carbonyl (C=O) groups excluding carboxylic acids is 1. The Kier molecular flexibility index (Phi) is 4.26. The molecule has 2 atom stereocenters. The molecule has 1 fully saturated rings. The lowest BCUT2D eigenvalue weighted by Gasteiger charge is -2.21. The fourth-order valence-electron chi connectivity index (χ4n) is 5.67. The molecule has 0 N–H and O–H groups in total. The minimum atomic E-state index is 0.135. The lowest BCUT2D eigenvalue weighted by atomic mass is 9.96. The van der Waals surface area contributed by atoms with Crippen LogP contribution in [0, 0.1) is 32.6 Å². The van der Waals surface area contributed by atoms with Crippen LogP contribution in [-0.4, -0.2) is 10.8 Å². The van der Waals surface area contributed by atoms with Gasteiger partial charge in [0.05, 0.1) is 6.54 Å². The van der Waals surface area contributed by atoms with Gasteiger partial charge < -0.3 is 4.90 Å². The van der Waals surface area contributed by atoms with Crippen LogP contribution >= 0.6 is 0 Å². The maximum atomic E-state index is 13.8. The van der Waals surface area contributed by atoms with Gasteiger partial charge in [0.25, 0.3) is 5.91 Å². The van der Waals surface area contributed by atoms with Crippen molar-refractivity contribution >= 4 is 12.0 Å². The molecular formula is C30H27NO. The van der Waals surface area contributed by atoms with Gasteiger partial charge in [0.1, 0.15) is 0 Å². The number of allylic oxidation sites excluding steroid dienone is 3. The topological polar surface area (TPSA) is 20.3 Å². The molecule has 4 aliphatic carbocycles. The Balaban J connectivity index is 1.47. The van der Waals surface area contributed by atoms with Crippen molar-refractivity contribution < 1.29 is 4.79 Å². The molecule has 1 heterocycles. The van der Waals surface area contributed by atoms with Gasteiger partial charge in [0, 0.05) is 22.8 Å². The summed E-state index contributed by atoms with van der Waals surface area (Å²) in [5, 5.41) is 0. The van der Waals surface area contributed by atoms with E-state index in [1.165, 1.54) is 39.1 Å². The van der Waals surface area contributed by atoms with Crippen molar-refractivity contribution in [3.8, 4) is 11.1 Å². The van der Waals surface area contributed by atoms with Crippen LogP contribution in [0.25, 0.3) is 17.2 Å². The van der Waals surface area contributed by atoms with Crippen LogP contribution in [0.1, 0.15) is 34.2 Å². The fourth-order valence-corrected chi connectivity index (χ4v) is 5.67. The Labute approximate surface area is 189 Å². The van der Waals surface area contributed by atoms with Crippen molar-refractivity contribution in [1.29, 1.82) is 0 Å². The highest BCUT2D eigenvalue weighted by Gasteiger charge is 2.49. The van der Waals surface area contributed by atoms with E-state index in [0.29, 0.717) is 18.4 Å². The molecule has 1 aromatic rings. The van der Waals surface area contributed by atoms with E-state index in [2.05, 4.69) is 75.4 Å². The first-order chi connectivity index (χ1) is 15.5. The Morgan fingerprint density at radius 3 is 2.59 bits per heavy atom. The van der Waals surface area contributed by atoms with Gasteiger partial charge in [-0.1, -0.05) is 72.3 Å². The Morgan fingerprint density at radius 1 is 1.00 bits per heavy atom. The number of carbonyl (C=O) groups is 1. The van der Waals surface area contributed by atoms with E-state index in [-0.39, 0.29) is 5.91 Å². The highest BCUT2D eigenvalue weighted by Crippen LogP contribution is 2.54. The van der Waals surface area contributed by atoms with E-state index in [4.69, 9.17) is 0 Å². The molecule has 32 heavy (non-hydrogen) atoms. The third kappa shape index (κ3) is 2.97. The molecule has 0 bridgehead atoms. The van der Waals surface area contributed by atoms with Crippen LogP contribution in [0.2, 0.25) is 0 Å². The van der Waals surface area contributed by atoms with E-state index < -0.39 is 0 Å². The lowest BCUT2D eigenvalue weighted by Crippen LogP contribution is -2.26. The average Bonchev–Trinajstić information content (AvgIpc) is 3.40. The summed E-state index contributed by atoms with van der Waals surface area (Å²) in [6, 6.07) is 19.2. The van der Waals surface area contributed by atoms with Gasteiger partial charge in [-0.25, -0.2) is 0 Å². The summed E-state index contributed by atoms with van der Waals surface area (Å²) in [5.41, 5.74) is 11.8. The predicted molar refractivity (Wildman–Crippen MR) is 130 cm³/mol. The lowest BCUT2D eigenvalue weighted by molar-refractivity contribution is -0.124. The van der Waals surface area contributed by atoms with Crippen LogP contribution in [0.5, 0.6) is 0 Å². The van der Waals surface area contributed by atoms with E-state index in [1.807, 2.05) is 23.1 Å². The normalized spacial score (nSPS) is 22.7. The second-order valence-electron chi connectivity index (χ2n) is 9.58. The third-order valence-corrected chi connectivity index (χ3v) is 7.21. The summed E-state index contributed by atoms with van der Waals surface area (Å²) in [6.07, 6.45) is 7.80. The average molecular weight is 418 g/mol. The second-order valence-corrected chi connectivity index (χ2v) is 9.58. The van der Waals surface area contributed by atoms with Crippen LogP contribution in [0.15, 0.2) is 83.6 Å². The first kappa shape index (κ1) is 19.3. The Hall–Kier alpha value is -3.39. The van der Waals surface area contributed by atoms with Gasteiger partial charge in [0.2, 0.25) is 0 Å². The summed E-state index contributed by atoms with van der Waals surface area (Å²) >= 11 is 0. The molecule has 6 rings (SSSR count). The van der Waals surface area contributed by atoms with Crippen molar-refractivity contribution in [2.75, 3.05) is 0 Å². The zero-order valence-corrected chi connectivity index (χ0v) is 18.9. The van der Waals surface area contributed by atoms with Crippen molar-refractivity contribution in [2.24, 2.45) is 11.8 Å². The molecule has 1 aromatic carbocycles. The molecule has 0 radical (unpaired) electrons. The zero-order valence-electron chi connectivity index (χ0n) is 18.9. The maximum absolute atomic E-state index is 13.8. The maximum Gasteiger partial charge on any atom is 0.259 e. The van der Waals surface area contributed by atoms with Crippen LogP contribution in [0.3, 0.4) is 0 Å². The molecule has 0 saturated heterocycles. The standard InChI is InChI=1S/C30H27NO/c1-18-13-19(2)24-11-10-23(28(24)20(3)14-18)16-27-25-12-9-22-15-26(22)29(25)31(30(27)32)17-21-7-5-4-6-8-21/h4-14,16,22,26H,15,17H2,1-3H3/b27-16+.